The van der Waals surface area contributed by atoms with E-state index in [1.165, 1.54) is 5.56 Å². The molecule has 0 radical (unpaired) electrons. The van der Waals surface area contributed by atoms with Crippen LogP contribution in [-0.4, -0.2) is 62.1 Å². The van der Waals surface area contributed by atoms with E-state index in [2.05, 4.69) is 27.0 Å². The number of carbonyl (C=O) groups excluding carboxylic acids is 2. The van der Waals surface area contributed by atoms with Crippen LogP contribution in [0.2, 0.25) is 0 Å². The van der Waals surface area contributed by atoms with Crippen molar-refractivity contribution in [3.05, 3.63) is 22.4 Å². The van der Waals surface area contributed by atoms with Crippen LogP contribution in [-0.2, 0) is 9.53 Å². The van der Waals surface area contributed by atoms with E-state index in [1.807, 2.05) is 25.9 Å². The van der Waals surface area contributed by atoms with Crippen LogP contribution in [0.1, 0.15) is 44.2 Å². The van der Waals surface area contributed by atoms with Gasteiger partial charge in [-0.1, -0.05) is 0 Å². The van der Waals surface area contributed by atoms with Crippen molar-refractivity contribution in [2.24, 2.45) is 5.92 Å². The maximum atomic E-state index is 12.6. The summed E-state index contributed by atoms with van der Waals surface area (Å²) in [5.41, 5.74) is 1.23. The Morgan fingerprint density at radius 3 is 2.92 bits per heavy atom. The Balaban J connectivity index is 1.80. The van der Waals surface area contributed by atoms with E-state index in [-0.39, 0.29) is 18.0 Å². The third-order valence-corrected chi connectivity index (χ3v) is 5.57. The van der Waals surface area contributed by atoms with E-state index in [0.717, 1.165) is 32.4 Å². The number of likely N-dealkylation sites (N-methyl/N-ethyl adjacent to an activating group) is 1. The number of amides is 2. The molecule has 1 aromatic rings. The van der Waals surface area contributed by atoms with Gasteiger partial charge in [-0.25, -0.2) is 4.79 Å². The molecule has 1 aromatic heterocycles. The van der Waals surface area contributed by atoms with Gasteiger partial charge in [0.2, 0.25) is 0 Å². The molecule has 2 heterocycles. The Morgan fingerprint density at radius 1 is 1.46 bits per heavy atom. The van der Waals surface area contributed by atoms with Gasteiger partial charge in [-0.2, -0.15) is 11.3 Å². The number of carbonyl (C=O) groups is 2. The zero-order valence-electron chi connectivity index (χ0n) is 16.1. The van der Waals surface area contributed by atoms with Crippen LogP contribution in [0, 0.1) is 5.92 Å². The lowest BCUT2D eigenvalue weighted by atomic mass is 9.93. The third kappa shape index (κ3) is 6.29. The summed E-state index contributed by atoms with van der Waals surface area (Å²) < 4.78 is 4.99. The van der Waals surface area contributed by atoms with Crippen molar-refractivity contribution < 1.29 is 14.3 Å². The predicted molar refractivity (Wildman–Crippen MR) is 104 cm³/mol. The SMILES string of the molecule is CCOC(=O)CCC1CCCN(C(=O)NCC(c2ccsc2)N(C)C)C1. The number of ether oxygens (including phenoxy) is 1. The fourth-order valence-electron chi connectivity index (χ4n) is 3.40. The number of thiophene rings is 1. The molecule has 1 saturated heterocycles. The zero-order chi connectivity index (χ0) is 18.9. The van der Waals surface area contributed by atoms with Gasteiger partial charge in [0.05, 0.1) is 12.6 Å². The molecule has 0 saturated carbocycles. The van der Waals surface area contributed by atoms with Crippen LogP contribution in [0.5, 0.6) is 0 Å². The summed E-state index contributed by atoms with van der Waals surface area (Å²) in [5, 5.41) is 7.28. The molecule has 7 heteroatoms. The lowest BCUT2D eigenvalue weighted by Gasteiger charge is -2.33. The molecule has 2 amide bonds. The van der Waals surface area contributed by atoms with Gasteiger partial charge in [-0.15, -0.1) is 0 Å². The normalized spacial score (nSPS) is 18.6. The van der Waals surface area contributed by atoms with Crippen LogP contribution >= 0.6 is 11.3 Å². The van der Waals surface area contributed by atoms with Gasteiger partial charge in [0.25, 0.3) is 0 Å². The molecule has 0 aliphatic carbocycles. The second-order valence-electron chi connectivity index (χ2n) is 7.02. The Morgan fingerprint density at radius 2 is 2.27 bits per heavy atom. The van der Waals surface area contributed by atoms with E-state index in [9.17, 15) is 9.59 Å². The molecular weight excluding hydrogens is 350 g/mol. The molecule has 146 valence electrons. The molecule has 1 N–H and O–H groups in total. The number of urea groups is 1. The first-order valence-electron chi connectivity index (χ1n) is 9.38. The van der Waals surface area contributed by atoms with E-state index in [0.29, 0.717) is 25.5 Å². The third-order valence-electron chi connectivity index (χ3n) is 4.87. The second kappa shape index (κ2) is 10.5. The summed E-state index contributed by atoms with van der Waals surface area (Å²) >= 11 is 1.67. The van der Waals surface area contributed by atoms with Gasteiger partial charge < -0.3 is 19.9 Å². The molecule has 26 heavy (non-hydrogen) atoms. The van der Waals surface area contributed by atoms with Crippen molar-refractivity contribution in [1.29, 1.82) is 0 Å². The average molecular weight is 382 g/mol. The highest BCUT2D eigenvalue weighted by molar-refractivity contribution is 7.07. The number of esters is 1. The minimum atomic E-state index is -0.140. The standard InChI is InChI=1S/C19H31N3O3S/c1-4-25-18(23)8-7-15-6-5-10-22(13-15)19(24)20-12-17(21(2)3)16-9-11-26-14-16/h9,11,14-15,17H,4-8,10,12-13H2,1-3H3,(H,20,24). The molecule has 0 bridgehead atoms. The van der Waals surface area contributed by atoms with Crippen LogP contribution < -0.4 is 5.32 Å². The Hall–Kier alpha value is -1.60. The van der Waals surface area contributed by atoms with Crippen LogP contribution in [0.25, 0.3) is 0 Å². The fourth-order valence-corrected chi connectivity index (χ4v) is 4.11. The van der Waals surface area contributed by atoms with E-state index in [1.54, 1.807) is 11.3 Å². The van der Waals surface area contributed by atoms with E-state index < -0.39 is 0 Å². The first kappa shape index (κ1) is 20.7. The van der Waals surface area contributed by atoms with Gasteiger partial charge in [0, 0.05) is 26.1 Å². The number of piperidine rings is 1. The number of rotatable bonds is 8. The van der Waals surface area contributed by atoms with Gasteiger partial charge >= 0.3 is 12.0 Å². The van der Waals surface area contributed by atoms with Crippen molar-refractivity contribution in [2.45, 2.75) is 38.6 Å². The Kier molecular flexibility index (Phi) is 8.38. The van der Waals surface area contributed by atoms with Crippen LogP contribution in [0.15, 0.2) is 16.8 Å². The van der Waals surface area contributed by atoms with E-state index in [4.69, 9.17) is 4.74 Å². The minimum Gasteiger partial charge on any atom is -0.466 e. The van der Waals surface area contributed by atoms with Crippen molar-refractivity contribution in [1.82, 2.24) is 15.1 Å². The van der Waals surface area contributed by atoms with Crippen molar-refractivity contribution in [3.63, 3.8) is 0 Å². The maximum absolute atomic E-state index is 12.6. The van der Waals surface area contributed by atoms with Crippen LogP contribution in [0.3, 0.4) is 0 Å². The highest BCUT2D eigenvalue weighted by Crippen LogP contribution is 2.22. The van der Waals surface area contributed by atoms with Crippen LogP contribution in [0.4, 0.5) is 4.79 Å². The fraction of sp³-hybridized carbons (Fsp3) is 0.684. The second-order valence-corrected chi connectivity index (χ2v) is 7.80. The maximum Gasteiger partial charge on any atom is 0.317 e. The van der Waals surface area contributed by atoms with Gasteiger partial charge in [-0.05, 0) is 68.6 Å². The van der Waals surface area contributed by atoms with Gasteiger partial charge in [-0.3, -0.25) is 4.79 Å². The summed E-state index contributed by atoms with van der Waals surface area (Å²) in [5.74, 6) is 0.235. The quantitative estimate of drug-likeness (QED) is 0.703. The first-order valence-corrected chi connectivity index (χ1v) is 10.3. The Labute approximate surface area is 160 Å². The number of hydrogen-bond acceptors (Lipinski definition) is 5. The monoisotopic (exact) mass is 381 g/mol. The summed E-state index contributed by atoms with van der Waals surface area (Å²) in [6, 6.07) is 2.27. The number of hydrogen-bond donors (Lipinski definition) is 1. The van der Waals surface area contributed by atoms with Crippen molar-refractivity contribution in [2.75, 3.05) is 40.3 Å². The molecule has 2 atom stereocenters. The van der Waals surface area contributed by atoms with Crippen molar-refractivity contribution in [3.8, 4) is 0 Å². The zero-order valence-corrected chi connectivity index (χ0v) is 16.9. The molecule has 1 fully saturated rings. The largest absolute Gasteiger partial charge is 0.466 e. The summed E-state index contributed by atoms with van der Waals surface area (Å²) in [6.07, 6.45) is 3.29. The van der Waals surface area contributed by atoms with E-state index >= 15 is 0 Å². The Bertz CT molecular complexity index is 562. The molecule has 1 aliphatic heterocycles. The first-order chi connectivity index (χ1) is 12.5. The summed E-state index contributed by atoms with van der Waals surface area (Å²) in [4.78, 5) is 28.1. The highest BCUT2D eigenvalue weighted by Gasteiger charge is 2.25. The highest BCUT2D eigenvalue weighted by atomic mass is 32.1. The topological polar surface area (TPSA) is 61.9 Å². The lowest BCUT2D eigenvalue weighted by Crippen LogP contribution is -2.47. The minimum absolute atomic E-state index is 0.00656. The molecule has 2 rings (SSSR count). The smallest absolute Gasteiger partial charge is 0.317 e. The summed E-state index contributed by atoms with van der Waals surface area (Å²) in [7, 11) is 4.06. The van der Waals surface area contributed by atoms with Gasteiger partial charge in [0.15, 0.2) is 0 Å². The molecule has 2 unspecified atom stereocenters. The number of likely N-dealkylation sites (tertiary alicyclic amines) is 1. The number of nitrogens with one attached hydrogen (secondary N) is 1. The molecule has 0 aromatic carbocycles. The average Bonchev–Trinajstić information content (AvgIpc) is 3.14. The molecular formula is C19H31N3O3S. The van der Waals surface area contributed by atoms with Crippen molar-refractivity contribution >= 4 is 23.3 Å². The van der Waals surface area contributed by atoms with Gasteiger partial charge in [0.1, 0.15) is 0 Å². The molecule has 1 aliphatic rings. The predicted octanol–water partition coefficient (Wildman–Crippen LogP) is 3.12. The molecule has 6 nitrogen and oxygen atoms in total. The lowest BCUT2D eigenvalue weighted by molar-refractivity contribution is -0.143. The number of nitrogens with zero attached hydrogens (tertiary/aromatic N) is 2. The summed E-state index contributed by atoms with van der Waals surface area (Å²) in [6.45, 7) is 4.34. The molecule has 0 spiro atoms.